The number of aryl methyl sites for hydroxylation is 2. The lowest BCUT2D eigenvalue weighted by atomic mass is 10.1. The fraction of sp³-hybridized carbons (Fsp3) is 0.394. The average molecular weight is 664 g/mol. The van der Waals surface area contributed by atoms with Gasteiger partial charge in [0.1, 0.15) is 12.6 Å². The first-order chi connectivity index (χ1) is 21.2. The maximum atomic E-state index is 14.2. The van der Waals surface area contributed by atoms with Crippen molar-refractivity contribution in [1.29, 1.82) is 0 Å². The van der Waals surface area contributed by atoms with E-state index in [0.717, 1.165) is 48.9 Å². The Kier molecular flexibility index (Phi) is 10.9. The van der Waals surface area contributed by atoms with Gasteiger partial charge < -0.3 is 10.2 Å². The summed E-state index contributed by atoms with van der Waals surface area (Å²) in [7, 11) is -4.55. The summed E-state index contributed by atoms with van der Waals surface area (Å²) in [5.74, 6) is -1.10. The minimum absolute atomic E-state index is 0.0114. The van der Waals surface area contributed by atoms with Crippen molar-refractivity contribution in [3.63, 3.8) is 0 Å². The molecule has 0 saturated heterocycles. The Morgan fingerprint density at radius 2 is 1.53 bits per heavy atom. The number of rotatable bonds is 11. The number of hydrogen-bond acceptors (Lipinski definition) is 4. The van der Waals surface area contributed by atoms with E-state index in [4.69, 9.17) is 11.6 Å². The van der Waals surface area contributed by atoms with Gasteiger partial charge in [0.05, 0.1) is 21.2 Å². The van der Waals surface area contributed by atoms with Crippen LogP contribution in [-0.4, -0.2) is 43.8 Å². The third kappa shape index (κ3) is 8.38. The largest absolute Gasteiger partial charge is 0.417 e. The normalized spacial score (nSPS) is 14.6. The number of benzene rings is 3. The van der Waals surface area contributed by atoms with Gasteiger partial charge in [-0.25, -0.2) is 8.42 Å². The van der Waals surface area contributed by atoms with Crippen molar-refractivity contribution in [3.8, 4) is 0 Å². The fourth-order valence-corrected chi connectivity index (χ4v) is 7.06. The van der Waals surface area contributed by atoms with E-state index < -0.39 is 45.3 Å². The van der Waals surface area contributed by atoms with Gasteiger partial charge in [-0.3, -0.25) is 13.9 Å². The zero-order chi connectivity index (χ0) is 32.9. The number of nitrogens with one attached hydrogen (secondary N) is 1. The third-order valence-corrected chi connectivity index (χ3v) is 10.1. The maximum absolute atomic E-state index is 14.2. The highest BCUT2D eigenvalue weighted by molar-refractivity contribution is 7.92. The number of carbonyl (C=O) groups is 2. The summed E-state index contributed by atoms with van der Waals surface area (Å²) in [6.45, 7) is 4.56. The van der Waals surface area contributed by atoms with Crippen LogP contribution >= 0.6 is 11.6 Å². The molecule has 4 rings (SSSR count). The molecule has 7 nitrogen and oxygen atoms in total. The molecule has 242 valence electrons. The first-order valence-corrected chi connectivity index (χ1v) is 16.6. The second kappa shape index (κ2) is 14.2. The molecule has 45 heavy (non-hydrogen) atoms. The van der Waals surface area contributed by atoms with Crippen molar-refractivity contribution in [1.82, 2.24) is 10.2 Å². The molecule has 1 aliphatic rings. The van der Waals surface area contributed by atoms with Crippen molar-refractivity contribution >= 4 is 39.1 Å². The lowest BCUT2D eigenvalue weighted by Crippen LogP contribution is -2.53. The molecule has 1 unspecified atom stereocenters. The minimum atomic E-state index is -4.88. The van der Waals surface area contributed by atoms with E-state index in [-0.39, 0.29) is 35.5 Å². The van der Waals surface area contributed by atoms with E-state index >= 15 is 0 Å². The van der Waals surface area contributed by atoms with Crippen molar-refractivity contribution in [2.75, 3.05) is 10.8 Å². The molecular formula is C33H37ClF3N3O4S. The van der Waals surface area contributed by atoms with E-state index in [9.17, 15) is 31.2 Å². The molecule has 1 atom stereocenters. The quantitative estimate of drug-likeness (QED) is 0.239. The van der Waals surface area contributed by atoms with Crippen LogP contribution in [0.3, 0.4) is 0 Å². The Bertz CT molecular complexity index is 1610. The van der Waals surface area contributed by atoms with Gasteiger partial charge in [0.25, 0.3) is 10.0 Å². The van der Waals surface area contributed by atoms with Gasteiger partial charge >= 0.3 is 6.18 Å². The van der Waals surface area contributed by atoms with Gasteiger partial charge in [-0.1, -0.05) is 78.9 Å². The first-order valence-electron chi connectivity index (χ1n) is 14.8. The van der Waals surface area contributed by atoms with Crippen LogP contribution in [0.2, 0.25) is 5.02 Å². The Labute approximate surface area is 267 Å². The highest BCUT2D eigenvalue weighted by atomic mass is 35.5. The Morgan fingerprint density at radius 1 is 0.956 bits per heavy atom. The predicted molar refractivity (Wildman–Crippen MR) is 168 cm³/mol. The lowest BCUT2D eigenvalue weighted by Gasteiger charge is -2.34. The van der Waals surface area contributed by atoms with Crippen molar-refractivity contribution in [3.05, 3.63) is 94.0 Å². The highest BCUT2D eigenvalue weighted by Crippen LogP contribution is 2.38. The summed E-state index contributed by atoms with van der Waals surface area (Å²) in [5, 5.41) is 2.42. The molecule has 1 saturated carbocycles. The molecule has 0 bridgehead atoms. The first kappa shape index (κ1) is 34.3. The zero-order valence-electron chi connectivity index (χ0n) is 25.4. The Balaban J connectivity index is 1.78. The summed E-state index contributed by atoms with van der Waals surface area (Å²) in [6, 6.07) is 14.9. The fourth-order valence-electron chi connectivity index (χ4n) is 5.43. The monoisotopic (exact) mass is 663 g/mol. The van der Waals surface area contributed by atoms with Crippen molar-refractivity contribution < 1.29 is 31.2 Å². The second-order valence-corrected chi connectivity index (χ2v) is 13.7. The average Bonchev–Trinajstić information content (AvgIpc) is 3.49. The summed E-state index contributed by atoms with van der Waals surface area (Å²) in [6.07, 6.45) is -1.01. The van der Waals surface area contributed by atoms with E-state index in [1.165, 1.54) is 17.0 Å². The molecule has 1 N–H and O–H groups in total. The van der Waals surface area contributed by atoms with E-state index in [1.54, 1.807) is 26.0 Å². The molecule has 1 fully saturated rings. The molecule has 2 amide bonds. The van der Waals surface area contributed by atoms with Crippen LogP contribution in [0.25, 0.3) is 0 Å². The number of amides is 2. The Hall–Kier alpha value is -3.57. The summed E-state index contributed by atoms with van der Waals surface area (Å²) in [4.78, 5) is 28.9. The molecule has 3 aromatic rings. The molecule has 0 radical (unpaired) electrons. The molecule has 0 aliphatic heterocycles. The summed E-state index contributed by atoms with van der Waals surface area (Å²) >= 11 is 5.85. The molecule has 1 aliphatic carbocycles. The minimum Gasteiger partial charge on any atom is -0.352 e. The second-order valence-electron chi connectivity index (χ2n) is 11.4. The number of anilines is 1. The van der Waals surface area contributed by atoms with Crippen LogP contribution < -0.4 is 9.62 Å². The zero-order valence-corrected chi connectivity index (χ0v) is 27.0. The molecule has 12 heteroatoms. The molecule has 0 aromatic heterocycles. The van der Waals surface area contributed by atoms with Gasteiger partial charge in [-0.05, 0) is 69.0 Å². The van der Waals surface area contributed by atoms with E-state index in [2.05, 4.69) is 5.32 Å². The highest BCUT2D eigenvalue weighted by Gasteiger charge is 2.37. The van der Waals surface area contributed by atoms with Crippen LogP contribution in [0.4, 0.5) is 18.9 Å². The number of hydrogen-bond donors (Lipinski definition) is 1. The number of alkyl halides is 3. The number of nitrogens with zero attached hydrogens (tertiary/aromatic N) is 2. The van der Waals surface area contributed by atoms with Crippen LogP contribution in [-0.2, 0) is 32.3 Å². The standard InChI is InChI=1S/C33H37ClF3N3O4S/c1-4-30(32(42)38-25-7-5-6-8-25)39(20-24-13-9-22(2)10-14-24)31(41)21-40(45(43,44)27-16-11-23(3)12-17-27)26-15-18-29(34)28(19-26)33(35,36)37/h9-19,25,30H,4-8,20-21H2,1-3H3,(H,38,42). The van der Waals surface area contributed by atoms with E-state index in [0.29, 0.717) is 15.9 Å². The molecule has 3 aromatic carbocycles. The molecule has 0 heterocycles. The van der Waals surface area contributed by atoms with Crippen molar-refractivity contribution in [2.24, 2.45) is 0 Å². The lowest BCUT2D eigenvalue weighted by molar-refractivity contribution is -0.140. The topological polar surface area (TPSA) is 86.8 Å². The number of sulfonamides is 1. The van der Waals surface area contributed by atoms with Crippen molar-refractivity contribution in [2.45, 2.75) is 82.6 Å². The van der Waals surface area contributed by atoms with Gasteiger partial charge in [0, 0.05) is 12.6 Å². The predicted octanol–water partition coefficient (Wildman–Crippen LogP) is 7.04. The number of halogens is 4. The van der Waals surface area contributed by atoms with Gasteiger partial charge in [0.2, 0.25) is 11.8 Å². The van der Waals surface area contributed by atoms with Crippen LogP contribution in [0.1, 0.15) is 61.3 Å². The smallest absolute Gasteiger partial charge is 0.352 e. The molecule has 0 spiro atoms. The molecular weight excluding hydrogens is 627 g/mol. The van der Waals surface area contributed by atoms with Gasteiger partial charge in [-0.2, -0.15) is 13.2 Å². The SMILES string of the molecule is CCC(C(=O)NC1CCCC1)N(Cc1ccc(C)cc1)C(=O)CN(c1ccc(Cl)c(C(F)(F)F)c1)S(=O)(=O)c1ccc(C)cc1. The summed E-state index contributed by atoms with van der Waals surface area (Å²) < 4.78 is 70.2. The van der Waals surface area contributed by atoms with Gasteiger partial charge in [0.15, 0.2) is 0 Å². The van der Waals surface area contributed by atoms with Gasteiger partial charge in [-0.15, -0.1) is 0 Å². The van der Waals surface area contributed by atoms with Crippen LogP contribution in [0.5, 0.6) is 0 Å². The third-order valence-electron chi connectivity index (χ3n) is 7.99. The van der Waals surface area contributed by atoms with Crippen LogP contribution in [0.15, 0.2) is 71.6 Å². The maximum Gasteiger partial charge on any atom is 0.417 e. The Morgan fingerprint density at radius 3 is 2.09 bits per heavy atom. The van der Waals surface area contributed by atoms with E-state index in [1.807, 2.05) is 31.2 Å². The summed E-state index contributed by atoms with van der Waals surface area (Å²) in [5.41, 5.74) is 0.836. The van der Waals surface area contributed by atoms with Crippen LogP contribution in [0, 0.1) is 13.8 Å². The number of carbonyl (C=O) groups excluding carboxylic acids is 2.